The van der Waals surface area contributed by atoms with E-state index in [9.17, 15) is 0 Å². The Kier molecular flexibility index (Phi) is 10.6. The second-order valence-electron chi connectivity index (χ2n) is 11.7. The molecule has 6 rings (SSSR count). The molecule has 4 aromatic carbocycles. The van der Waals surface area contributed by atoms with Gasteiger partial charge < -0.3 is 24.8 Å². The standard InChI is InChI=1S/C27H19.C9H13.C2H6Si.2ClH.Zr/c1-3-9-20(10-4-1)23-17-24(21-11-5-2-6-12-21)19-25(18-23)27-16-15-22-13-7-8-14-26(22)27;1-6-5-7(2)9(4)8(6)3;1-3-2;;;/h1-19H;6H,1-4H3;1-2H3;2*1H;/q;;;;;+2/p-2. The van der Waals surface area contributed by atoms with E-state index in [0.717, 1.165) is 0 Å². The van der Waals surface area contributed by atoms with E-state index in [4.69, 9.17) is 0 Å². The molecule has 0 spiro atoms. The van der Waals surface area contributed by atoms with Gasteiger partial charge in [-0.05, 0) is 0 Å². The van der Waals surface area contributed by atoms with Crippen LogP contribution in [0, 0.1) is 5.92 Å². The number of fused-ring (bicyclic) bond motifs is 1. The molecule has 42 heavy (non-hydrogen) atoms. The van der Waals surface area contributed by atoms with E-state index < -0.39 is 25.8 Å². The van der Waals surface area contributed by atoms with Crippen molar-refractivity contribution in [3.8, 4) is 22.3 Å². The van der Waals surface area contributed by atoms with Gasteiger partial charge in [0.15, 0.2) is 0 Å². The molecule has 0 amide bonds. The molecular weight excluding hydrogens is 647 g/mol. The molecule has 0 fully saturated rings. The van der Waals surface area contributed by atoms with Crippen molar-refractivity contribution in [3.05, 3.63) is 146 Å². The number of halogens is 2. The molecule has 0 aliphatic heterocycles. The molecule has 0 bridgehead atoms. The van der Waals surface area contributed by atoms with Crippen molar-refractivity contribution in [1.82, 2.24) is 0 Å². The van der Waals surface area contributed by atoms with E-state index >= 15 is 0 Å². The monoisotopic (exact) mass is 682 g/mol. The van der Waals surface area contributed by atoms with Crippen molar-refractivity contribution in [1.29, 1.82) is 0 Å². The average molecular weight is 685 g/mol. The minimum absolute atomic E-state index is 0. The fourth-order valence-electron chi connectivity index (χ4n) is 6.77. The van der Waals surface area contributed by atoms with Gasteiger partial charge in [0, 0.05) is 0 Å². The van der Waals surface area contributed by atoms with Gasteiger partial charge in [-0.25, -0.2) is 0 Å². The molecule has 212 valence electrons. The molecule has 4 aromatic rings. The first-order valence-corrected chi connectivity index (χ1v) is 23.3. The Hall–Kier alpha value is -2.22. The van der Waals surface area contributed by atoms with E-state index in [2.05, 4.69) is 150 Å². The van der Waals surface area contributed by atoms with Gasteiger partial charge in [-0.2, -0.15) is 0 Å². The minimum Gasteiger partial charge on any atom is -1.00 e. The smallest absolute Gasteiger partial charge is 1.00 e. The molecule has 2 aliphatic carbocycles. The van der Waals surface area contributed by atoms with Crippen LogP contribution in [0.15, 0.2) is 129 Å². The molecule has 0 aromatic heterocycles. The van der Waals surface area contributed by atoms with Gasteiger partial charge in [-0.1, -0.05) is 0 Å². The first-order chi connectivity index (χ1) is 19.3. The van der Waals surface area contributed by atoms with Crippen LogP contribution in [0.25, 0.3) is 27.8 Å². The molecular formula is C38H38Cl2SiZr. The van der Waals surface area contributed by atoms with E-state index in [1.54, 1.807) is 22.3 Å². The number of hydrogen-bond donors (Lipinski definition) is 0. The summed E-state index contributed by atoms with van der Waals surface area (Å²) in [4.78, 5) is 0. The Bertz CT molecular complexity index is 1680. The fourth-order valence-corrected chi connectivity index (χ4v) is 26.5. The van der Waals surface area contributed by atoms with Crippen LogP contribution in [0.3, 0.4) is 0 Å². The third-order valence-corrected chi connectivity index (χ3v) is 27.7. The van der Waals surface area contributed by atoms with E-state index in [1.165, 1.54) is 39.0 Å². The van der Waals surface area contributed by atoms with E-state index in [0.29, 0.717) is 9.54 Å². The Balaban J connectivity index is 0.00000202. The maximum absolute atomic E-state index is 2.71. The second kappa shape index (κ2) is 13.6. The van der Waals surface area contributed by atoms with Crippen LogP contribution in [-0.2, 0) is 20.4 Å². The van der Waals surface area contributed by atoms with Crippen LogP contribution in [-0.4, -0.2) is 5.43 Å². The van der Waals surface area contributed by atoms with Crippen LogP contribution in [0.4, 0.5) is 0 Å². The van der Waals surface area contributed by atoms with Crippen LogP contribution in [0.1, 0.15) is 48.0 Å². The van der Waals surface area contributed by atoms with Gasteiger partial charge in [-0.3, -0.25) is 0 Å². The Morgan fingerprint density at radius 1 is 0.595 bits per heavy atom. The zero-order valence-corrected chi connectivity index (χ0v) is 30.3. The van der Waals surface area contributed by atoms with Gasteiger partial charge in [0.05, 0.1) is 0 Å². The Labute approximate surface area is 272 Å². The van der Waals surface area contributed by atoms with Crippen LogP contribution in [0.5, 0.6) is 0 Å². The number of benzene rings is 4. The van der Waals surface area contributed by atoms with Crippen molar-refractivity contribution < 1.29 is 45.2 Å². The second-order valence-corrected chi connectivity index (χ2v) is 29.1. The summed E-state index contributed by atoms with van der Waals surface area (Å²) in [5, 5.41) is 0. The molecule has 0 radical (unpaired) electrons. The molecule has 0 saturated carbocycles. The maximum Gasteiger partial charge on any atom is -1.00 e. The SMILES string of the molecule is CC1=C(C)C(C)[C]([Zr+2]([CH]2C=C(c3cc(-c4ccccc4)cc(-c4ccccc4)c3)c3ccccc32)=[Si](C)C)=C1C.[Cl-].[Cl-]. The normalized spacial score (nSPS) is 17.1. The quantitative estimate of drug-likeness (QED) is 0.269. The summed E-state index contributed by atoms with van der Waals surface area (Å²) in [6, 6.07) is 38.3. The number of rotatable bonds is 5. The molecule has 0 saturated heterocycles. The van der Waals surface area contributed by atoms with E-state index in [1.807, 2.05) is 3.28 Å². The van der Waals surface area contributed by atoms with Crippen molar-refractivity contribution in [3.63, 3.8) is 0 Å². The Morgan fingerprint density at radius 2 is 1.10 bits per heavy atom. The average Bonchev–Trinajstić information content (AvgIpc) is 3.45. The van der Waals surface area contributed by atoms with E-state index in [-0.39, 0.29) is 24.8 Å². The first kappa shape index (κ1) is 32.7. The summed E-state index contributed by atoms with van der Waals surface area (Å²) in [6.07, 6.45) is 2.71. The largest absolute Gasteiger partial charge is 1.00 e. The van der Waals surface area contributed by atoms with Crippen molar-refractivity contribution in [2.24, 2.45) is 5.92 Å². The van der Waals surface area contributed by atoms with Gasteiger partial charge >= 0.3 is 250 Å². The number of allylic oxidation sites excluding steroid dienone is 5. The molecule has 0 N–H and O–H groups in total. The summed E-state index contributed by atoms with van der Waals surface area (Å²) < 4.78 is 2.49. The summed E-state index contributed by atoms with van der Waals surface area (Å²) in [6.45, 7) is 14.8. The van der Waals surface area contributed by atoms with Gasteiger partial charge in [0.2, 0.25) is 0 Å². The molecule has 2 aliphatic rings. The van der Waals surface area contributed by atoms with Gasteiger partial charge in [-0.15, -0.1) is 0 Å². The third-order valence-electron chi connectivity index (χ3n) is 9.16. The fraction of sp³-hybridized carbons (Fsp3) is 0.211. The molecule has 4 heteroatoms. The zero-order chi connectivity index (χ0) is 28.0. The summed E-state index contributed by atoms with van der Waals surface area (Å²) in [5.41, 5.74) is 15.3. The van der Waals surface area contributed by atoms with Gasteiger partial charge in [0.25, 0.3) is 0 Å². The maximum atomic E-state index is 2.71. The van der Waals surface area contributed by atoms with Crippen LogP contribution < -0.4 is 24.8 Å². The molecule has 0 nitrogen and oxygen atoms in total. The zero-order valence-electron chi connectivity index (χ0n) is 25.3. The predicted molar refractivity (Wildman–Crippen MR) is 171 cm³/mol. The molecule has 0 heterocycles. The minimum atomic E-state index is -2.05. The van der Waals surface area contributed by atoms with Gasteiger partial charge in [0.1, 0.15) is 0 Å². The summed E-state index contributed by atoms with van der Waals surface area (Å²) in [5.74, 6) is 0.616. The van der Waals surface area contributed by atoms with Crippen LogP contribution >= 0.6 is 0 Å². The van der Waals surface area contributed by atoms with Crippen molar-refractivity contribution >= 4 is 11.0 Å². The first-order valence-electron chi connectivity index (χ1n) is 14.5. The molecule has 2 unspecified atom stereocenters. The number of hydrogen-bond acceptors (Lipinski definition) is 0. The van der Waals surface area contributed by atoms with Crippen molar-refractivity contribution in [2.75, 3.05) is 0 Å². The topological polar surface area (TPSA) is 0 Å². The third kappa shape index (κ3) is 5.94. The summed E-state index contributed by atoms with van der Waals surface area (Å²) in [7, 11) is 0. The Morgan fingerprint density at radius 3 is 1.60 bits per heavy atom. The summed E-state index contributed by atoms with van der Waals surface area (Å²) >= 11 is -2.05. The van der Waals surface area contributed by atoms with Crippen molar-refractivity contribution in [2.45, 2.75) is 44.4 Å². The molecule has 2 atom stereocenters. The predicted octanol–water partition coefficient (Wildman–Crippen LogP) is 4.64. The van der Waals surface area contributed by atoms with Crippen LogP contribution in [0.2, 0.25) is 13.1 Å².